The molecule has 0 bridgehead atoms. The van der Waals surface area contributed by atoms with Gasteiger partial charge in [0.1, 0.15) is 0 Å². The fraction of sp³-hybridized carbons (Fsp3) is 0.889. The molecule has 2 heteroatoms. The Balaban J connectivity index is 1.96. The van der Waals surface area contributed by atoms with Gasteiger partial charge >= 0.3 is 0 Å². The van der Waals surface area contributed by atoms with Crippen molar-refractivity contribution in [3.63, 3.8) is 0 Å². The summed E-state index contributed by atoms with van der Waals surface area (Å²) in [6, 6.07) is 0.621. The molecule has 1 aliphatic heterocycles. The molecule has 1 radical (unpaired) electrons. The van der Waals surface area contributed by atoms with E-state index in [1.54, 1.807) is 0 Å². The first-order valence-electron chi connectivity index (χ1n) is 4.71. The highest BCUT2D eigenvalue weighted by Gasteiger charge is 2.10. The van der Waals surface area contributed by atoms with E-state index in [4.69, 9.17) is 0 Å². The average Bonchev–Trinajstić information content (AvgIpc) is 2.07. The summed E-state index contributed by atoms with van der Waals surface area (Å²) >= 11 is 0. The van der Waals surface area contributed by atoms with E-state index >= 15 is 0 Å². The molecule has 1 aliphatic rings. The van der Waals surface area contributed by atoms with Gasteiger partial charge < -0.3 is 10.6 Å². The van der Waals surface area contributed by atoms with Gasteiger partial charge in [-0.15, -0.1) is 0 Å². The summed E-state index contributed by atoms with van der Waals surface area (Å²) in [7, 11) is 0. The maximum atomic E-state index is 3.46. The van der Waals surface area contributed by atoms with Crippen LogP contribution in [0, 0.1) is 6.42 Å². The van der Waals surface area contributed by atoms with E-state index in [-0.39, 0.29) is 0 Å². The summed E-state index contributed by atoms with van der Waals surface area (Å²) in [6.45, 7) is 5.59. The first-order valence-corrected chi connectivity index (χ1v) is 4.71. The first-order chi connectivity index (χ1) is 5.43. The minimum absolute atomic E-state index is 0.621. The molecule has 1 rings (SSSR count). The highest BCUT2D eigenvalue weighted by atomic mass is 15.0. The molecule has 1 heterocycles. The lowest BCUT2D eigenvalue weighted by atomic mass is 10.1. The van der Waals surface area contributed by atoms with E-state index in [0.29, 0.717) is 6.04 Å². The summed E-state index contributed by atoms with van der Waals surface area (Å²) in [5.74, 6) is 0. The zero-order valence-corrected chi connectivity index (χ0v) is 7.40. The molecule has 65 valence electrons. The van der Waals surface area contributed by atoms with E-state index in [2.05, 4.69) is 24.0 Å². The molecule has 1 unspecified atom stereocenters. The van der Waals surface area contributed by atoms with Crippen molar-refractivity contribution in [3.05, 3.63) is 6.42 Å². The lowest BCUT2D eigenvalue weighted by Crippen LogP contribution is -2.48. The van der Waals surface area contributed by atoms with Crippen LogP contribution >= 0.6 is 0 Å². The van der Waals surface area contributed by atoms with Gasteiger partial charge in [0, 0.05) is 25.7 Å². The number of nitrogens with one attached hydrogen (secondary N) is 2. The topological polar surface area (TPSA) is 24.1 Å². The zero-order valence-electron chi connectivity index (χ0n) is 7.40. The molecule has 0 aromatic rings. The van der Waals surface area contributed by atoms with Crippen molar-refractivity contribution in [2.75, 3.05) is 19.6 Å². The Morgan fingerprint density at radius 2 is 2.36 bits per heavy atom. The van der Waals surface area contributed by atoms with Crippen molar-refractivity contribution in [2.45, 2.75) is 32.2 Å². The summed E-state index contributed by atoms with van der Waals surface area (Å²) < 4.78 is 0. The summed E-state index contributed by atoms with van der Waals surface area (Å²) in [5.41, 5.74) is 0. The highest BCUT2D eigenvalue weighted by molar-refractivity contribution is 4.87. The van der Waals surface area contributed by atoms with Crippen LogP contribution in [0.4, 0.5) is 0 Å². The number of piperazine rings is 1. The lowest BCUT2D eigenvalue weighted by molar-refractivity contribution is 0.442. The van der Waals surface area contributed by atoms with Crippen molar-refractivity contribution >= 4 is 0 Å². The summed E-state index contributed by atoms with van der Waals surface area (Å²) in [4.78, 5) is 0. The van der Waals surface area contributed by atoms with Crippen molar-refractivity contribution in [1.29, 1.82) is 0 Å². The van der Waals surface area contributed by atoms with Gasteiger partial charge in [0.15, 0.2) is 0 Å². The van der Waals surface area contributed by atoms with Crippen molar-refractivity contribution in [2.24, 2.45) is 0 Å². The Bertz CT molecular complexity index is 87.6. The number of hydrogen-bond acceptors (Lipinski definition) is 2. The van der Waals surface area contributed by atoms with Crippen LogP contribution in [-0.4, -0.2) is 25.7 Å². The second-order valence-corrected chi connectivity index (χ2v) is 3.14. The minimum atomic E-state index is 0.621. The molecular formula is C9H19N2. The van der Waals surface area contributed by atoms with E-state index in [9.17, 15) is 0 Å². The fourth-order valence-corrected chi connectivity index (χ4v) is 1.37. The Morgan fingerprint density at radius 3 is 3.00 bits per heavy atom. The molecule has 0 aromatic carbocycles. The number of rotatable bonds is 4. The molecule has 11 heavy (non-hydrogen) atoms. The van der Waals surface area contributed by atoms with Crippen LogP contribution < -0.4 is 10.6 Å². The maximum absolute atomic E-state index is 3.46. The van der Waals surface area contributed by atoms with Crippen LogP contribution in [0.25, 0.3) is 0 Å². The fourth-order valence-electron chi connectivity index (χ4n) is 1.37. The largest absolute Gasteiger partial charge is 0.314 e. The SMILES string of the molecule is CCCC[CH]C1CNCCN1. The monoisotopic (exact) mass is 155 g/mol. The lowest BCUT2D eigenvalue weighted by Gasteiger charge is -2.23. The minimum Gasteiger partial charge on any atom is -0.314 e. The van der Waals surface area contributed by atoms with Crippen LogP contribution in [0.2, 0.25) is 0 Å². The van der Waals surface area contributed by atoms with Crippen LogP contribution in [0.1, 0.15) is 26.2 Å². The Morgan fingerprint density at radius 1 is 1.45 bits per heavy atom. The second-order valence-electron chi connectivity index (χ2n) is 3.14. The van der Waals surface area contributed by atoms with Gasteiger partial charge in [-0.25, -0.2) is 0 Å². The molecule has 1 fully saturated rings. The van der Waals surface area contributed by atoms with E-state index < -0.39 is 0 Å². The van der Waals surface area contributed by atoms with E-state index in [1.807, 2.05) is 0 Å². The Hall–Kier alpha value is -0.0800. The van der Waals surface area contributed by atoms with Gasteiger partial charge in [-0.1, -0.05) is 19.8 Å². The van der Waals surface area contributed by atoms with Gasteiger partial charge in [-0.3, -0.25) is 0 Å². The smallest absolute Gasteiger partial charge is 0.0224 e. The maximum Gasteiger partial charge on any atom is 0.0224 e. The van der Waals surface area contributed by atoms with Crippen molar-refractivity contribution in [3.8, 4) is 0 Å². The molecule has 0 aliphatic carbocycles. The number of unbranched alkanes of at least 4 members (excludes halogenated alkanes) is 2. The highest BCUT2D eigenvalue weighted by Crippen LogP contribution is 2.02. The molecule has 2 N–H and O–H groups in total. The third-order valence-corrected chi connectivity index (χ3v) is 2.08. The van der Waals surface area contributed by atoms with Gasteiger partial charge in [0.25, 0.3) is 0 Å². The van der Waals surface area contributed by atoms with Gasteiger partial charge in [0.05, 0.1) is 0 Å². The van der Waals surface area contributed by atoms with E-state index in [1.165, 1.54) is 19.3 Å². The molecule has 0 amide bonds. The molecule has 0 spiro atoms. The standard InChI is InChI=1S/C9H19N2/c1-2-3-4-5-9-8-10-6-7-11-9/h5,9-11H,2-4,6-8H2,1H3. The molecule has 1 atom stereocenters. The van der Waals surface area contributed by atoms with Crippen LogP contribution in [0.3, 0.4) is 0 Å². The van der Waals surface area contributed by atoms with Crippen molar-refractivity contribution < 1.29 is 0 Å². The summed E-state index contributed by atoms with van der Waals surface area (Å²) in [5, 5.41) is 6.83. The second kappa shape index (κ2) is 5.56. The summed E-state index contributed by atoms with van der Waals surface area (Å²) in [6.07, 6.45) is 6.29. The predicted octanol–water partition coefficient (Wildman–Crippen LogP) is 0.942. The van der Waals surface area contributed by atoms with Gasteiger partial charge in [0.2, 0.25) is 0 Å². The first kappa shape index (κ1) is 9.01. The van der Waals surface area contributed by atoms with Crippen LogP contribution in [0.15, 0.2) is 0 Å². The Kier molecular flexibility index (Phi) is 4.55. The molecular weight excluding hydrogens is 136 g/mol. The third kappa shape index (κ3) is 3.73. The van der Waals surface area contributed by atoms with E-state index in [0.717, 1.165) is 19.6 Å². The number of hydrogen-bond donors (Lipinski definition) is 2. The van der Waals surface area contributed by atoms with Gasteiger partial charge in [-0.05, 0) is 12.8 Å². The van der Waals surface area contributed by atoms with Crippen LogP contribution in [0.5, 0.6) is 0 Å². The Labute approximate surface area is 69.8 Å². The predicted molar refractivity (Wildman–Crippen MR) is 48.5 cm³/mol. The molecule has 0 aromatic heterocycles. The third-order valence-electron chi connectivity index (χ3n) is 2.08. The van der Waals surface area contributed by atoms with Crippen molar-refractivity contribution in [1.82, 2.24) is 10.6 Å². The average molecular weight is 155 g/mol. The molecule has 2 nitrogen and oxygen atoms in total. The van der Waals surface area contributed by atoms with Crippen LogP contribution in [-0.2, 0) is 0 Å². The van der Waals surface area contributed by atoms with Gasteiger partial charge in [-0.2, -0.15) is 0 Å². The quantitative estimate of drug-likeness (QED) is 0.590. The normalized spacial score (nSPS) is 25.4. The molecule has 0 saturated carbocycles. The zero-order chi connectivity index (χ0) is 7.94. The molecule has 1 saturated heterocycles.